The normalized spacial score (nSPS) is 15.7. The number of rotatable bonds is 6. The lowest BCUT2D eigenvalue weighted by Crippen LogP contribution is -2.44. The molecule has 0 saturated heterocycles. The van der Waals surface area contributed by atoms with Gasteiger partial charge in [-0.1, -0.05) is 62.1 Å². The van der Waals surface area contributed by atoms with Gasteiger partial charge in [-0.25, -0.2) is 8.42 Å². The predicted molar refractivity (Wildman–Crippen MR) is 107 cm³/mol. The van der Waals surface area contributed by atoms with Crippen molar-refractivity contribution in [1.29, 1.82) is 0 Å². The van der Waals surface area contributed by atoms with Gasteiger partial charge in [-0.2, -0.15) is 0 Å². The van der Waals surface area contributed by atoms with Crippen LogP contribution in [0, 0.1) is 0 Å². The van der Waals surface area contributed by atoms with E-state index >= 15 is 0 Å². The summed E-state index contributed by atoms with van der Waals surface area (Å²) in [6.07, 6.45) is 6.53. The van der Waals surface area contributed by atoms with Gasteiger partial charge >= 0.3 is 0 Å². The van der Waals surface area contributed by atoms with E-state index in [0.717, 1.165) is 25.7 Å². The monoisotopic (exact) mass is 386 g/mol. The maximum atomic E-state index is 13.2. The highest BCUT2D eigenvalue weighted by Gasteiger charge is 2.27. The zero-order valence-corrected chi connectivity index (χ0v) is 16.2. The molecule has 144 valence electrons. The molecule has 1 aliphatic rings. The maximum Gasteiger partial charge on any atom is 0.264 e. The van der Waals surface area contributed by atoms with Gasteiger partial charge in [0.25, 0.3) is 10.0 Å². The number of hydrogen-bond acceptors (Lipinski definition) is 3. The van der Waals surface area contributed by atoms with Crippen LogP contribution in [-0.4, -0.2) is 26.9 Å². The Kier molecular flexibility index (Phi) is 6.50. The molecule has 3 rings (SSSR count). The van der Waals surface area contributed by atoms with E-state index in [2.05, 4.69) is 5.32 Å². The average Bonchev–Trinajstić information content (AvgIpc) is 2.96. The van der Waals surface area contributed by atoms with E-state index in [1.807, 2.05) is 6.07 Å². The first kappa shape index (κ1) is 19.4. The van der Waals surface area contributed by atoms with Crippen molar-refractivity contribution >= 4 is 21.6 Å². The second-order valence-corrected chi connectivity index (χ2v) is 8.78. The number of para-hydroxylation sites is 1. The highest BCUT2D eigenvalue weighted by molar-refractivity contribution is 7.92. The lowest BCUT2D eigenvalue weighted by atomic mass is 10.1. The molecule has 0 aliphatic heterocycles. The molecule has 6 heteroatoms. The van der Waals surface area contributed by atoms with Crippen molar-refractivity contribution in [2.24, 2.45) is 0 Å². The van der Waals surface area contributed by atoms with E-state index in [4.69, 9.17) is 0 Å². The molecule has 0 spiro atoms. The van der Waals surface area contributed by atoms with Gasteiger partial charge in [0, 0.05) is 6.04 Å². The molecular formula is C21H26N2O3S. The number of nitrogens with zero attached hydrogens (tertiary/aromatic N) is 1. The molecule has 0 unspecified atom stereocenters. The molecule has 2 aromatic carbocycles. The van der Waals surface area contributed by atoms with Crippen molar-refractivity contribution in [1.82, 2.24) is 5.32 Å². The molecule has 27 heavy (non-hydrogen) atoms. The van der Waals surface area contributed by atoms with E-state index in [1.165, 1.54) is 17.1 Å². The number of hydrogen-bond donors (Lipinski definition) is 1. The molecule has 0 atom stereocenters. The van der Waals surface area contributed by atoms with Crippen LogP contribution in [0.25, 0.3) is 0 Å². The van der Waals surface area contributed by atoms with Gasteiger partial charge in [-0.05, 0) is 37.1 Å². The van der Waals surface area contributed by atoms with Gasteiger partial charge < -0.3 is 5.32 Å². The molecule has 0 aromatic heterocycles. The molecule has 1 N–H and O–H groups in total. The number of amides is 1. The zero-order chi connectivity index (χ0) is 19.1. The fraction of sp³-hybridized carbons (Fsp3) is 0.381. The molecule has 5 nitrogen and oxygen atoms in total. The Morgan fingerprint density at radius 1 is 0.889 bits per heavy atom. The highest BCUT2D eigenvalue weighted by atomic mass is 32.2. The third-order valence-electron chi connectivity index (χ3n) is 4.88. The predicted octanol–water partition coefficient (Wildman–Crippen LogP) is 3.72. The van der Waals surface area contributed by atoms with Crippen LogP contribution >= 0.6 is 0 Å². The lowest BCUT2D eigenvalue weighted by molar-refractivity contribution is -0.120. The summed E-state index contributed by atoms with van der Waals surface area (Å²) in [5, 5.41) is 3.04. The minimum absolute atomic E-state index is 0.136. The van der Waals surface area contributed by atoms with Crippen molar-refractivity contribution < 1.29 is 13.2 Å². The Hall–Kier alpha value is -2.34. The van der Waals surface area contributed by atoms with Crippen molar-refractivity contribution in [3.05, 3.63) is 60.7 Å². The summed E-state index contributed by atoms with van der Waals surface area (Å²) in [4.78, 5) is 12.8. The van der Waals surface area contributed by atoms with E-state index in [9.17, 15) is 13.2 Å². The molecule has 0 radical (unpaired) electrons. The van der Waals surface area contributed by atoms with Gasteiger partial charge in [-0.3, -0.25) is 9.10 Å². The Labute approximate surface area is 161 Å². The number of nitrogens with one attached hydrogen (secondary N) is 1. The number of sulfonamides is 1. The zero-order valence-electron chi connectivity index (χ0n) is 15.4. The number of carbonyl (C=O) groups excluding carboxylic acids is 1. The van der Waals surface area contributed by atoms with Crippen molar-refractivity contribution in [2.75, 3.05) is 10.8 Å². The van der Waals surface area contributed by atoms with E-state index in [-0.39, 0.29) is 23.4 Å². The first-order valence-electron chi connectivity index (χ1n) is 9.49. The molecule has 1 fully saturated rings. The molecule has 0 bridgehead atoms. The summed E-state index contributed by atoms with van der Waals surface area (Å²) in [5.41, 5.74) is 0.484. The summed E-state index contributed by atoms with van der Waals surface area (Å²) >= 11 is 0. The van der Waals surface area contributed by atoms with Crippen LogP contribution in [0.2, 0.25) is 0 Å². The first-order valence-corrected chi connectivity index (χ1v) is 10.9. The van der Waals surface area contributed by atoms with Crippen molar-refractivity contribution in [3.63, 3.8) is 0 Å². The Morgan fingerprint density at radius 3 is 2.04 bits per heavy atom. The molecule has 1 saturated carbocycles. The van der Waals surface area contributed by atoms with Crippen LogP contribution in [0.3, 0.4) is 0 Å². The Morgan fingerprint density at radius 2 is 1.44 bits per heavy atom. The van der Waals surface area contributed by atoms with Crippen molar-refractivity contribution in [3.8, 4) is 0 Å². The third-order valence-corrected chi connectivity index (χ3v) is 6.67. The van der Waals surface area contributed by atoms with Crippen LogP contribution in [0.4, 0.5) is 5.69 Å². The van der Waals surface area contributed by atoms with Crippen LogP contribution in [-0.2, 0) is 14.8 Å². The van der Waals surface area contributed by atoms with Crippen LogP contribution in [0.5, 0.6) is 0 Å². The fourth-order valence-electron chi connectivity index (χ4n) is 3.46. The SMILES string of the molecule is O=C(CN(c1ccccc1)S(=O)(=O)c1ccccc1)NC1CCCCCC1. The second-order valence-electron chi connectivity index (χ2n) is 6.92. The Balaban J connectivity index is 1.81. The lowest BCUT2D eigenvalue weighted by Gasteiger charge is -2.25. The standard InChI is InChI=1S/C21H26N2O3S/c24-21(22-18-11-5-1-2-6-12-18)17-23(19-13-7-3-8-14-19)27(25,26)20-15-9-4-10-16-20/h3-4,7-10,13-16,18H,1-2,5-6,11-12,17H2,(H,22,24). The average molecular weight is 387 g/mol. The molecule has 0 heterocycles. The van der Waals surface area contributed by atoms with Gasteiger partial charge in [0.2, 0.25) is 5.91 Å². The molecule has 1 amide bonds. The summed E-state index contributed by atoms with van der Waals surface area (Å²) in [5.74, 6) is -0.259. The maximum absolute atomic E-state index is 13.2. The van der Waals surface area contributed by atoms with Gasteiger partial charge in [0.15, 0.2) is 0 Å². The summed E-state index contributed by atoms with van der Waals surface area (Å²) in [7, 11) is -3.82. The van der Waals surface area contributed by atoms with E-state index in [0.29, 0.717) is 5.69 Å². The summed E-state index contributed by atoms with van der Waals surface area (Å²) < 4.78 is 27.5. The topological polar surface area (TPSA) is 66.5 Å². The molecular weight excluding hydrogens is 360 g/mol. The molecule has 1 aliphatic carbocycles. The highest BCUT2D eigenvalue weighted by Crippen LogP contribution is 2.23. The van der Waals surface area contributed by atoms with Crippen LogP contribution in [0.1, 0.15) is 38.5 Å². The minimum Gasteiger partial charge on any atom is -0.352 e. The number of benzene rings is 2. The van der Waals surface area contributed by atoms with Gasteiger partial charge in [-0.15, -0.1) is 0 Å². The van der Waals surface area contributed by atoms with Gasteiger partial charge in [0.05, 0.1) is 10.6 Å². The quantitative estimate of drug-likeness (QED) is 0.770. The number of anilines is 1. The van der Waals surface area contributed by atoms with Crippen LogP contribution in [0.15, 0.2) is 65.6 Å². The third kappa shape index (κ3) is 5.10. The minimum atomic E-state index is -3.82. The second kappa shape index (κ2) is 9.04. The molecule has 2 aromatic rings. The fourth-order valence-corrected chi connectivity index (χ4v) is 4.90. The van der Waals surface area contributed by atoms with E-state index in [1.54, 1.807) is 54.6 Å². The smallest absolute Gasteiger partial charge is 0.264 e. The van der Waals surface area contributed by atoms with Gasteiger partial charge in [0.1, 0.15) is 6.54 Å². The Bertz CT molecular complexity index is 830. The summed E-state index contributed by atoms with van der Waals surface area (Å²) in [6.45, 7) is -0.224. The van der Waals surface area contributed by atoms with Crippen LogP contribution < -0.4 is 9.62 Å². The van der Waals surface area contributed by atoms with E-state index < -0.39 is 10.0 Å². The summed E-state index contributed by atoms with van der Waals surface area (Å²) in [6, 6.07) is 17.1. The first-order chi connectivity index (χ1) is 13.1. The number of carbonyl (C=O) groups is 1. The van der Waals surface area contributed by atoms with Crippen molar-refractivity contribution in [2.45, 2.75) is 49.5 Å². The largest absolute Gasteiger partial charge is 0.352 e.